The summed E-state index contributed by atoms with van der Waals surface area (Å²) < 4.78 is 47.3. The summed E-state index contributed by atoms with van der Waals surface area (Å²) in [5.41, 5.74) is 3.43. The third kappa shape index (κ3) is 6.66. The predicted octanol–water partition coefficient (Wildman–Crippen LogP) is 6.29. The molecule has 0 saturated carbocycles. The Labute approximate surface area is 210 Å². The van der Waals surface area contributed by atoms with Gasteiger partial charge in [0.15, 0.2) is 0 Å². The first kappa shape index (κ1) is 25.7. The van der Waals surface area contributed by atoms with E-state index in [9.17, 15) is 22.8 Å². The number of nitrogens with zero attached hydrogens (tertiary/aromatic N) is 1. The fraction of sp³-hybridized carbons (Fsp3) is 0.222. The minimum Gasteiger partial charge on any atom is -0.494 e. The first-order chi connectivity index (χ1) is 17.6. The molecule has 0 spiro atoms. The zero-order valence-electron chi connectivity index (χ0n) is 20.1. The van der Waals surface area contributed by atoms with Gasteiger partial charge >= 0.3 is 6.18 Å². The molecular weight excluding hydrogens is 487 g/mol. The number of pyridine rings is 1. The van der Waals surface area contributed by atoms with E-state index in [4.69, 9.17) is 9.26 Å². The number of carbonyl (C=O) groups is 1. The zero-order valence-corrected chi connectivity index (χ0v) is 20.1. The van der Waals surface area contributed by atoms with Crippen molar-refractivity contribution in [1.29, 1.82) is 0 Å². The van der Waals surface area contributed by atoms with E-state index in [0.29, 0.717) is 33.8 Å². The topological polar surface area (TPSA) is 97.2 Å². The summed E-state index contributed by atoms with van der Waals surface area (Å²) in [4.78, 5) is 28.6. The van der Waals surface area contributed by atoms with E-state index in [2.05, 4.69) is 15.5 Å². The van der Waals surface area contributed by atoms with Crippen LogP contribution in [0.2, 0.25) is 0 Å². The van der Waals surface area contributed by atoms with Crippen LogP contribution in [0.1, 0.15) is 34.7 Å². The standard InChI is InChI=1S/C27H24F3N3O4/c1-16-4-6-18(7-5-16)21-15-22(19-8-10-20(11-9-19)36-13-3-12-27(28,29)30)31-26(35)24(21)32-25(34)23-14-17(2)33-37-23/h4-11,14-15H,3,12-13H2,1-2H3,(H,31,35)(H,32,34). The van der Waals surface area contributed by atoms with Crippen molar-refractivity contribution in [1.82, 2.24) is 10.1 Å². The molecule has 0 aliphatic carbocycles. The van der Waals surface area contributed by atoms with Crippen LogP contribution < -0.4 is 15.6 Å². The number of H-pyrrole nitrogens is 1. The maximum Gasteiger partial charge on any atom is 0.389 e. The van der Waals surface area contributed by atoms with Gasteiger partial charge in [0.05, 0.1) is 12.3 Å². The zero-order chi connectivity index (χ0) is 26.6. The molecule has 0 aliphatic heterocycles. The van der Waals surface area contributed by atoms with E-state index in [1.807, 2.05) is 31.2 Å². The van der Waals surface area contributed by atoms with Gasteiger partial charge in [0.25, 0.3) is 11.5 Å². The molecule has 4 aromatic rings. The largest absolute Gasteiger partial charge is 0.494 e. The molecule has 0 radical (unpaired) electrons. The monoisotopic (exact) mass is 511 g/mol. The number of nitrogens with one attached hydrogen (secondary N) is 2. The summed E-state index contributed by atoms with van der Waals surface area (Å²) in [6, 6.07) is 17.3. The van der Waals surface area contributed by atoms with Crippen LogP contribution in [-0.4, -0.2) is 28.8 Å². The lowest BCUT2D eigenvalue weighted by Gasteiger charge is -2.13. The van der Waals surface area contributed by atoms with Crippen LogP contribution in [0.5, 0.6) is 5.75 Å². The Morgan fingerprint density at radius 1 is 1.03 bits per heavy atom. The number of aryl methyl sites for hydroxylation is 2. The van der Waals surface area contributed by atoms with E-state index in [0.717, 1.165) is 5.56 Å². The molecule has 10 heteroatoms. The first-order valence-electron chi connectivity index (χ1n) is 11.5. The second-order valence-electron chi connectivity index (χ2n) is 8.55. The number of alkyl halides is 3. The van der Waals surface area contributed by atoms with Crippen molar-refractivity contribution >= 4 is 11.6 Å². The van der Waals surface area contributed by atoms with Crippen LogP contribution in [0.25, 0.3) is 22.4 Å². The maximum atomic E-state index is 13.1. The minimum absolute atomic E-state index is 0.0262. The Morgan fingerprint density at radius 3 is 2.32 bits per heavy atom. The Bertz CT molecular complexity index is 1440. The molecule has 0 unspecified atom stereocenters. The summed E-state index contributed by atoms with van der Waals surface area (Å²) in [6.07, 6.45) is -5.26. The molecule has 2 aromatic heterocycles. The van der Waals surface area contributed by atoms with E-state index in [1.165, 1.54) is 6.07 Å². The van der Waals surface area contributed by atoms with Crippen molar-refractivity contribution in [2.24, 2.45) is 0 Å². The van der Waals surface area contributed by atoms with Crippen LogP contribution in [0.3, 0.4) is 0 Å². The highest BCUT2D eigenvalue weighted by atomic mass is 19.4. The van der Waals surface area contributed by atoms with Gasteiger partial charge in [0.2, 0.25) is 5.76 Å². The van der Waals surface area contributed by atoms with Gasteiger partial charge in [-0.1, -0.05) is 35.0 Å². The Hall–Kier alpha value is -4.34. The van der Waals surface area contributed by atoms with Gasteiger partial charge in [-0.15, -0.1) is 0 Å². The number of anilines is 1. The number of rotatable bonds is 8. The van der Waals surface area contributed by atoms with E-state index < -0.39 is 24.1 Å². The third-order valence-electron chi connectivity index (χ3n) is 5.52. The highest BCUT2D eigenvalue weighted by Crippen LogP contribution is 2.30. The Morgan fingerprint density at radius 2 is 1.70 bits per heavy atom. The number of ether oxygens (including phenoxy) is 1. The molecule has 192 valence electrons. The molecular formula is C27H24F3N3O4. The number of carbonyl (C=O) groups excluding carboxylic acids is 1. The van der Waals surface area contributed by atoms with Crippen LogP contribution >= 0.6 is 0 Å². The Balaban J connectivity index is 1.62. The second kappa shape index (κ2) is 10.7. The number of benzene rings is 2. The van der Waals surface area contributed by atoms with Crippen LogP contribution in [-0.2, 0) is 0 Å². The predicted molar refractivity (Wildman–Crippen MR) is 133 cm³/mol. The van der Waals surface area contributed by atoms with Gasteiger partial charge in [-0.3, -0.25) is 9.59 Å². The smallest absolute Gasteiger partial charge is 0.389 e. The average Bonchev–Trinajstić information content (AvgIpc) is 3.30. The van der Waals surface area contributed by atoms with E-state index in [-0.39, 0.29) is 24.5 Å². The van der Waals surface area contributed by atoms with Gasteiger partial charge in [-0.25, -0.2) is 0 Å². The molecule has 0 fully saturated rings. The molecule has 37 heavy (non-hydrogen) atoms. The van der Waals surface area contributed by atoms with Gasteiger partial charge < -0.3 is 19.6 Å². The Kier molecular flexibility index (Phi) is 7.47. The van der Waals surface area contributed by atoms with E-state index in [1.54, 1.807) is 37.3 Å². The average molecular weight is 512 g/mol. The number of hydrogen-bond donors (Lipinski definition) is 2. The fourth-order valence-electron chi connectivity index (χ4n) is 3.64. The summed E-state index contributed by atoms with van der Waals surface area (Å²) in [5.74, 6) is -0.223. The fourth-order valence-corrected chi connectivity index (χ4v) is 3.64. The van der Waals surface area contributed by atoms with E-state index >= 15 is 0 Å². The normalized spacial score (nSPS) is 11.4. The van der Waals surface area contributed by atoms with Crippen LogP contribution in [0, 0.1) is 13.8 Å². The van der Waals surface area contributed by atoms with Gasteiger partial charge in [0, 0.05) is 23.7 Å². The number of aromatic amines is 1. The summed E-state index contributed by atoms with van der Waals surface area (Å²) in [6.45, 7) is 3.56. The molecule has 1 amide bonds. The summed E-state index contributed by atoms with van der Waals surface area (Å²) >= 11 is 0. The van der Waals surface area contributed by atoms with Crippen molar-refractivity contribution in [2.45, 2.75) is 32.9 Å². The quantitative estimate of drug-likeness (QED) is 0.271. The SMILES string of the molecule is Cc1ccc(-c2cc(-c3ccc(OCCCC(F)(F)F)cc3)[nH]c(=O)c2NC(=O)c2cc(C)no2)cc1. The van der Waals surface area contributed by atoms with Gasteiger partial charge in [-0.2, -0.15) is 13.2 Å². The van der Waals surface area contributed by atoms with Crippen molar-refractivity contribution in [3.05, 3.63) is 88.0 Å². The van der Waals surface area contributed by atoms with Crippen molar-refractivity contribution in [3.8, 4) is 28.1 Å². The number of aromatic nitrogens is 2. The lowest BCUT2D eigenvalue weighted by Crippen LogP contribution is -2.21. The molecule has 2 N–H and O–H groups in total. The minimum atomic E-state index is -4.21. The maximum absolute atomic E-state index is 13.1. The van der Waals surface area contributed by atoms with Crippen molar-refractivity contribution in [2.75, 3.05) is 11.9 Å². The molecule has 0 bridgehead atoms. The third-order valence-corrected chi connectivity index (χ3v) is 5.52. The lowest BCUT2D eigenvalue weighted by atomic mass is 10.0. The molecule has 2 aromatic carbocycles. The molecule has 0 atom stereocenters. The second-order valence-corrected chi connectivity index (χ2v) is 8.55. The number of halogens is 3. The summed E-state index contributed by atoms with van der Waals surface area (Å²) in [7, 11) is 0. The molecule has 4 rings (SSSR count). The van der Waals surface area contributed by atoms with Crippen LogP contribution in [0.15, 0.2) is 70.0 Å². The van der Waals surface area contributed by atoms with Gasteiger partial charge in [-0.05, 0) is 61.7 Å². The van der Waals surface area contributed by atoms with Crippen molar-refractivity contribution in [3.63, 3.8) is 0 Å². The number of hydrogen-bond acceptors (Lipinski definition) is 5. The molecule has 0 aliphatic rings. The van der Waals surface area contributed by atoms with Crippen molar-refractivity contribution < 1.29 is 27.2 Å². The van der Waals surface area contributed by atoms with Gasteiger partial charge in [0.1, 0.15) is 11.4 Å². The van der Waals surface area contributed by atoms with Crippen LogP contribution in [0.4, 0.5) is 18.9 Å². The highest BCUT2D eigenvalue weighted by molar-refractivity contribution is 6.04. The first-order valence-corrected chi connectivity index (χ1v) is 11.5. The highest BCUT2D eigenvalue weighted by Gasteiger charge is 2.26. The molecule has 7 nitrogen and oxygen atoms in total. The molecule has 2 heterocycles. The summed E-state index contributed by atoms with van der Waals surface area (Å²) in [5, 5.41) is 6.34. The molecule has 0 saturated heterocycles. The number of amides is 1. The lowest BCUT2D eigenvalue weighted by molar-refractivity contribution is -0.136.